The Labute approximate surface area is 266 Å². The second kappa shape index (κ2) is 15.3. The van der Waals surface area contributed by atoms with Crippen LogP contribution >= 0.6 is 0 Å². The summed E-state index contributed by atoms with van der Waals surface area (Å²) >= 11 is 0. The molecule has 5 aromatic rings. The van der Waals surface area contributed by atoms with Crippen molar-refractivity contribution < 1.29 is 23.5 Å². The SMILES string of the molecule is CCCc1c(OCCCOc2cc(OCc3ccccc3)c(-c3c(C)noc3C)cc2CC)cccc1Oc1ccccc1C. The van der Waals surface area contributed by atoms with Gasteiger partial charge in [-0.25, -0.2) is 0 Å². The summed E-state index contributed by atoms with van der Waals surface area (Å²) in [6.07, 6.45) is 3.40. The molecule has 0 aliphatic rings. The molecule has 4 aromatic carbocycles. The van der Waals surface area contributed by atoms with Crippen molar-refractivity contribution in [3.8, 4) is 39.9 Å². The Morgan fingerprint density at radius 3 is 2.11 bits per heavy atom. The predicted molar refractivity (Wildman–Crippen MR) is 179 cm³/mol. The topological polar surface area (TPSA) is 63.0 Å². The minimum atomic E-state index is 0.447. The van der Waals surface area contributed by atoms with Crippen LogP contribution in [0.3, 0.4) is 0 Å². The normalized spacial score (nSPS) is 11.0. The maximum Gasteiger partial charge on any atom is 0.141 e. The van der Waals surface area contributed by atoms with Crippen molar-refractivity contribution in [1.82, 2.24) is 5.16 Å². The van der Waals surface area contributed by atoms with Gasteiger partial charge in [0.15, 0.2) is 0 Å². The average Bonchev–Trinajstić information content (AvgIpc) is 3.39. The zero-order chi connectivity index (χ0) is 31.6. The minimum absolute atomic E-state index is 0.447. The predicted octanol–water partition coefficient (Wildman–Crippen LogP) is 10.0. The Hall–Kier alpha value is -4.71. The van der Waals surface area contributed by atoms with Gasteiger partial charge in [0.1, 0.15) is 41.1 Å². The zero-order valence-electron chi connectivity index (χ0n) is 27.0. The van der Waals surface area contributed by atoms with E-state index in [1.807, 2.05) is 74.5 Å². The molecule has 0 aliphatic carbocycles. The lowest BCUT2D eigenvalue weighted by Gasteiger charge is -2.18. The maximum atomic E-state index is 6.39. The number of nitrogens with zero attached hydrogens (tertiary/aromatic N) is 1. The highest BCUT2D eigenvalue weighted by atomic mass is 16.5. The molecule has 1 aromatic heterocycles. The highest BCUT2D eigenvalue weighted by Crippen LogP contribution is 2.40. The smallest absolute Gasteiger partial charge is 0.141 e. The van der Waals surface area contributed by atoms with Crippen LogP contribution in [0.15, 0.2) is 89.5 Å². The van der Waals surface area contributed by atoms with Crippen LogP contribution in [0, 0.1) is 20.8 Å². The van der Waals surface area contributed by atoms with E-state index in [0.717, 1.165) is 99.3 Å². The first-order chi connectivity index (χ1) is 22.0. The van der Waals surface area contributed by atoms with Crippen LogP contribution in [0.4, 0.5) is 0 Å². The van der Waals surface area contributed by atoms with Gasteiger partial charge in [-0.3, -0.25) is 0 Å². The van der Waals surface area contributed by atoms with Crippen molar-refractivity contribution in [2.45, 2.75) is 66.9 Å². The molecule has 45 heavy (non-hydrogen) atoms. The van der Waals surface area contributed by atoms with Crippen LogP contribution in [0.5, 0.6) is 28.7 Å². The van der Waals surface area contributed by atoms with Crippen LogP contribution in [0.2, 0.25) is 0 Å². The molecule has 0 radical (unpaired) electrons. The van der Waals surface area contributed by atoms with E-state index in [0.29, 0.717) is 19.8 Å². The third-order valence-corrected chi connectivity index (χ3v) is 7.79. The van der Waals surface area contributed by atoms with Crippen LogP contribution in [-0.4, -0.2) is 18.4 Å². The molecule has 0 saturated carbocycles. The van der Waals surface area contributed by atoms with Gasteiger partial charge >= 0.3 is 0 Å². The Balaban J connectivity index is 1.28. The van der Waals surface area contributed by atoms with Gasteiger partial charge in [-0.1, -0.05) is 80.0 Å². The van der Waals surface area contributed by atoms with Gasteiger partial charge in [-0.2, -0.15) is 0 Å². The average molecular weight is 606 g/mol. The molecule has 0 bridgehead atoms. The molecule has 234 valence electrons. The molecular formula is C39H43NO5. The Morgan fingerprint density at radius 2 is 1.40 bits per heavy atom. The van der Waals surface area contributed by atoms with E-state index in [1.54, 1.807) is 0 Å². The van der Waals surface area contributed by atoms with Gasteiger partial charge in [-0.05, 0) is 74.6 Å². The minimum Gasteiger partial charge on any atom is -0.493 e. The molecule has 0 amide bonds. The first kappa shape index (κ1) is 31.7. The Kier molecular flexibility index (Phi) is 10.8. The molecule has 0 saturated heterocycles. The highest BCUT2D eigenvalue weighted by Gasteiger charge is 2.20. The fourth-order valence-corrected chi connectivity index (χ4v) is 5.42. The van der Waals surface area contributed by atoms with E-state index in [9.17, 15) is 0 Å². The van der Waals surface area contributed by atoms with Crippen LogP contribution in [0.25, 0.3) is 11.1 Å². The number of hydrogen-bond acceptors (Lipinski definition) is 6. The monoisotopic (exact) mass is 605 g/mol. The standard InChI is InChI=1S/C39H43NO5/c1-6-15-32-35(20-13-21-36(32)44-34-19-12-11-16-27(34)3)41-22-14-23-42-37-25-38(43-26-30-17-9-8-10-18-30)33(24-31(37)7-2)39-28(4)40-45-29(39)5/h8-13,16-21,24-25H,6-7,14-15,22-23,26H2,1-5H3. The number of rotatable bonds is 15. The van der Waals surface area contributed by atoms with Crippen LogP contribution < -0.4 is 18.9 Å². The number of hydrogen-bond donors (Lipinski definition) is 0. The molecule has 5 rings (SSSR count). The van der Waals surface area contributed by atoms with E-state index < -0.39 is 0 Å². The molecular weight excluding hydrogens is 562 g/mol. The number of aromatic nitrogens is 1. The van der Waals surface area contributed by atoms with Gasteiger partial charge in [0.2, 0.25) is 0 Å². The summed E-state index contributed by atoms with van der Waals surface area (Å²) in [6.45, 7) is 11.7. The molecule has 0 aliphatic heterocycles. The van der Waals surface area contributed by atoms with Crippen LogP contribution in [-0.2, 0) is 19.4 Å². The van der Waals surface area contributed by atoms with Crippen molar-refractivity contribution in [1.29, 1.82) is 0 Å². The Bertz CT molecular complexity index is 1670. The summed E-state index contributed by atoms with van der Waals surface area (Å²) < 4.78 is 30.9. The summed E-state index contributed by atoms with van der Waals surface area (Å²) in [5, 5.41) is 4.19. The van der Waals surface area contributed by atoms with Gasteiger partial charge in [0.05, 0.1) is 24.5 Å². The van der Waals surface area contributed by atoms with E-state index >= 15 is 0 Å². The van der Waals surface area contributed by atoms with Crippen molar-refractivity contribution in [3.63, 3.8) is 0 Å². The van der Waals surface area contributed by atoms with E-state index in [4.69, 9.17) is 23.5 Å². The van der Waals surface area contributed by atoms with E-state index in [2.05, 4.69) is 50.2 Å². The molecule has 1 heterocycles. The summed E-state index contributed by atoms with van der Waals surface area (Å²) in [4.78, 5) is 0. The second-order valence-corrected chi connectivity index (χ2v) is 11.2. The lowest BCUT2D eigenvalue weighted by atomic mass is 9.98. The highest BCUT2D eigenvalue weighted by molar-refractivity contribution is 5.76. The number of para-hydroxylation sites is 1. The largest absolute Gasteiger partial charge is 0.493 e. The van der Waals surface area contributed by atoms with Crippen molar-refractivity contribution in [2.24, 2.45) is 0 Å². The van der Waals surface area contributed by atoms with Crippen molar-refractivity contribution in [2.75, 3.05) is 13.2 Å². The third kappa shape index (κ3) is 7.88. The van der Waals surface area contributed by atoms with Crippen molar-refractivity contribution in [3.05, 3.63) is 119 Å². The summed E-state index contributed by atoms with van der Waals surface area (Å²) in [5.41, 5.74) is 7.15. The third-order valence-electron chi connectivity index (χ3n) is 7.79. The zero-order valence-corrected chi connectivity index (χ0v) is 27.0. The maximum absolute atomic E-state index is 6.39. The molecule has 0 fully saturated rings. The summed E-state index contributed by atoms with van der Waals surface area (Å²) in [7, 11) is 0. The first-order valence-corrected chi connectivity index (χ1v) is 15.9. The van der Waals surface area contributed by atoms with Gasteiger partial charge < -0.3 is 23.5 Å². The van der Waals surface area contributed by atoms with Gasteiger partial charge in [0, 0.05) is 23.6 Å². The molecule has 0 spiro atoms. The summed E-state index contributed by atoms with van der Waals surface area (Å²) in [6, 6.07) is 28.4. The fourth-order valence-electron chi connectivity index (χ4n) is 5.42. The van der Waals surface area contributed by atoms with Crippen molar-refractivity contribution >= 4 is 0 Å². The van der Waals surface area contributed by atoms with Gasteiger partial charge in [-0.15, -0.1) is 0 Å². The van der Waals surface area contributed by atoms with E-state index in [1.165, 1.54) is 0 Å². The molecule has 0 unspecified atom stereocenters. The summed E-state index contributed by atoms with van der Waals surface area (Å²) in [5.74, 6) is 4.88. The number of ether oxygens (including phenoxy) is 4. The van der Waals surface area contributed by atoms with Crippen LogP contribution in [0.1, 0.15) is 60.4 Å². The van der Waals surface area contributed by atoms with Gasteiger partial charge in [0.25, 0.3) is 0 Å². The Morgan fingerprint density at radius 1 is 0.689 bits per heavy atom. The van der Waals surface area contributed by atoms with E-state index in [-0.39, 0.29) is 0 Å². The number of benzene rings is 4. The molecule has 0 atom stereocenters. The second-order valence-electron chi connectivity index (χ2n) is 11.2. The molecule has 0 N–H and O–H groups in total. The quantitative estimate of drug-likeness (QED) is 0.111. The lowest BCUT2D eigenvalue weighted by molar-refractivity contribution is 0.243. The lowest BCUT2D eigenvalue weighted by Crippen LogP contribution is -2.08. The molecule has 6 heteroatoms. The molecule has 6 nitrogen and oxygen atoms in total. The number of aryl methyl sites for hydroxylation is 4. The first-order valence-electron chi connectivity index (χ1n) is 15.9. The fraction of sp³-hybridized carbons (Fsp3) is 0.308.